The highest BCUT2D eigenvalue weighted by molar-refractivity contribution is 9.10. The Kier molecular flexibility index (Phi) is 5.61. The minimum atomic E-state index is 0.409. The van der Waals surface area contributed by atoms with Gasteiger partial charge in [0.15, 0.2) is 0 Å². The molecule has 0 bridgehead atoms. The molecule has 1 heterocycles. The summed E-state index contributed by atoms with van der Waals surface area (Å²) in [6.07, 6.45) is 2.15. The molecule has 1 N–H and O–H groups in total. The fraction of sp³-hybridized carbons (Fsp3) is 0.375. The average Bonchev–Trinajstić information content (AvgIpc) is 2.84. The standard InChI is InChI=1S/C16H20BrNS/c1-3-12-7-5-6-8-15(12)16(18-4-2)10-14-9-13(17)11-19-14/h5-9,11,16,18H,3-4,10H2,1-2H3. The molecule has 19 heavy (non-hydrogen) atoms. The molecule has 1 aromatic carbocycles. The highest BCUT2D eigenvalue weighted by Gasteiger charge is 2.15. The molecule has 0 fully saturated rings. The number of rotatable bonds is 6. The molecular formula is C16H20BrNS. The minimum Gasteiger partial charge on any atom is -0.310 e. The molecular weight excluding hydrogens is 318 g/mol. The fourth-order valence-electron chi connectivity index (χ4n) is 2.40. The van der Waals surface area contributed by atoms with Crippen molar-refractivity contribution in [1.29, 1.82) is 0 Å². The second-order valence-corrected chi connectivity index (χ2v) is 6.51. The third-order valence-electron chi connectivity index (χ3n) is 3.29. The number of likely N-dealkylation sites (N-methyl/N-ethyl adjacent to an activating group) is 1. The third-order valence-corrected chi connectivity index (χ3v) is 5.01. The molecule has 0 aliphatic heterocycles. The Labute approximate surface area is 128 Å². The Hall–Kier alpha value is -0.640. The number of halogens is 1. The van der Waals surface area contributed by atoms with E-state index in [1.165, 1.54) is 20.5 Å². The maximum atomic E-state index is 3.62. The van der Waals surface area contributed by atoms with Crippen molar-refractivity contribution in [2.45, 2.75) is 32.7 Å². The van der Waals surface area contributed by atoms with Crippen LogP contribution < -0.4 is 5.32 Å². The molecule has 0 amide bonds. The Morgan fingerprint density at radius 3 is 2.68 bits per heavy atom. The van der Waals surface area contributed by atoms with Crippen molar-refractivity contribution < 1.29 is 0 Å². The molecule has 1 nitrogen and oxygen atoms in total. The van der Waals surface area contributed by atoms with Crippen molar-refractivity contribution in [2.75, 3.05) is 6.54 Å². The van der Waals surface area contributed by atoms with Gasteiger partial charge in [0, 0.05) is 27.2 Å². The number of thiophene rings is 1. The van der Waals surface area contributed by atoms with Gasteiger partial charge in [-0.05, 0) is 46.1 Å². The normalized spacial score (nSPS) is 12.6. The Balaban J connectivity index is 2.23. The van der Waals surface area contributed by atoms with E-state index >= 15 is 0 Å². The first-order valence-electron chi connectivity index (χ1n) is 6.78. The number of nitrogens with one attached hydrogen (secondary N) is 1. The van der Waals surface area contributed by atoms with Gasteiger partial charge in [-0.3, -0.25) is 0 Å². The third kappa shape index (κ3) is 3.91. The lowest BCUT2D eigenvalue weighted by atomic mass is 9.96. The minimum absolute atomic E-state index is 0.409. The van der Waals surface area contributed by atoms with E-state index in [2.05, 4.69) is 70.8 Å². The summed E-state index contributed by atoms with van der Waals surface area (Å²) in [6, 6.07) is 11.4. The fourth-order valence-corrected chi connectivity index (χ4v) is 3.89. The van der Waals surface area contributed by atoms with E-state index < -0.39 is 0 Å². The zero-order chi connectivity index (χ0) is 13.7. The molecule has 1 aromatic heterocycles. The van der Waals surface area contributed by atoms with E-state index in [0.29, 0.717) is 6.04 Å². The van der Waals surface area contributed by atoms with Crippen LogP contribution in [0, 0.1) is 0 Å². The molecule has 102 valence electrons. The number of aryl methyl sites for hydroxylation is 1. The zero-order valence-electron chi connectivity index (χ0n) is 11.4. The van der Waals surface area contributed by atoms with Gasteiger partial charge in [0.25, 0.3) is 0 Å². The van der Waals surface area contributed by atoms with Gasteiger partial charge >= 0.3 is 0 Å². The van der Waals surface area contributed by atoms with Crippen LogP contribution in [0.4, 0.5) is 0 Å². The predicted octanol–water partition coefficient (Wildman–Crippen LogP) is 4.97. The van der Waals surface area contributed by atoms with Crippen LogP contribution in [0.1, 0.15) is 35.9 Å². The molecule has 3 heteroatoms. The predicted molar refractivity (Wildman–Crippen MR) is 88.0 cm³/mol. The van der Waals surface area contributed by atoms with Crippen LogP contribution in [-0.4, -0.2) is 6.54 Å². The van der Waals surface area contributed by atoms with E-state index in [4.69, 9.17) is 0 Å². The van der Waals surface area contributed by atoms with Crippen LogP contribution >= 0.6 is 27.3 Å². The highest BCUT2D eigenvalue weighted by atomic mass is 79.9. The Morgan fingerprint density at radius 1 is 1.26 bits per heavy atom. The second kappa shape index (κ2) is 7.22. The van der Waals surface area contributed by atoms with Gasteiger partial charge in [-0.1, -0.05) is 38.1 Å². The van der Waals surface area contributed by atoms with Gasteiger partial charge in [0.1, 0.15) is 0 Å². The van der Waals surface area contributed by atoms with E-state index in [-0.39, 0.29) is 0 Å². The first-order chi connectivity index (χ1) is 9.24. The van der Waals surface area contributed by atoms with E-state index in [1.807, 2.05) is 11.3 Å². The van der Waals surface area contributed by atoms with Gasteiger partial charge in [-0.25, -0.2) is 0 Å². The van der Waals surface area contributed by atoms with Gasteiger partial charge in [0.2, 0.25) is 0 Å². The lowest BCUT2D eigenvalue weighted by Crippen LogP contribution is -2.23. The van der Waals surface area contributed by atoms with Gasteiger partial charge in [-0.15, -0.1) is 11.3 Å². The van der Waals surface area contributed by atoms with Gasteiger partial charge in [-0.2, -0.15) is 0 Å². The Morgan fingerprint density at radius 2 is 2.05 bits per heavy atom. The van der Waals surface area contributed by atoms with Gasteiger partial charge < -0.3 is 5.32 Å². The maximum Gasteiger partial charge on any atom is 0.0371 e. The van der Waals surface area contributed by atoms with Crippen molar-refractivity contribution in [3.63, 3.8) is 0 Å². The lowest BCUT2D eigenvalue weighted by molar-refractivity contribution is 0.549. The molecule has 0 spiro atoms. The molecule has 0 radical (unpaired) electrons. The first kappa shape index (κ1) is 14.8. The lowest BCUT2D eigenvalue weighted by Gasteiger charge is -2.20. The summed E-state index contributed by atoms with van der Waals surface area (Å²) in [5, 5.41) is 5.78. The summed E-state index contributed by atoms with van der Waals surface area (Å²) in [5.41, 5.74) is 2.89. The van der Waals surface area contributed by atoms with Crippen LogP contribution in [0.2, 0.25) is 0 Å². The van der Waals surface area contributed by atoms with Crippen molar-refractivity contribution in [1.82, 2.24) is 5.32 Å². The van der Waals surface area contributed by atoms with Crippen LogP contribution in [-0.2, 0) is 12.8 Å². The molecule has 1 unspecified atom stereocenters. The van der Waals surface area contributed by atoms with Crippen molar-refractivity contribution in [2.24, 2.45) is 0 Å². The second-order valence-electron chi connectivity index (χ2n) is 4.60. The average molecular weight is 338 g/mol. The summed E-state index contributed by atoms with van der Waals surface area (Å²) < 4.78 is 1.19. The Bertz CT molecular complexity index is 521. The smallest absolute Gasteiger partial charge is 0.0371 e. The molecule has 1 atom stereocenters. The maximum absolute atomic E-state index is 3.62. The highest BCUT2D eigenvalue weighted by Crippen LogP contribution is 2.27. The number of hydrogen-bond donors (Lipinski definition) is 1. The van der Waals surface area contributed by atoms with Crippen molar-refractivity contribution >= 4 is 27.3 Å². The monoisotopic (exact) mass is 337 g/mol. The summed E-state index contributed by atoms with van der Waals surface area (Å²) >= 11 is 5.36. The molecule has 2 rings (SSSR count). The molecule has 0 aliphatic rings. The molecule has 2 aromatic rings. The van der Waals surface area contributed by atoms with E-state index in [0.717, 1.165) is 19.4 Å². The summed E-state index contributed by atoms with van der Waals surface area (Å²) in [7, 11) is 0. The zero-order valence-corrected chi connectivity index (χ0v) is 13.9. The largest absolute Gasteiger partial charge is 0.310 e. The van der Waals surface area contributed by atoms with Crippen molar-refractivity contribution in [3.05, 3.63) is 56.2 Å². The molecule has 0 saturated carbocycles. The van der Waals surface area contributed by atoms with Crippen LogP contribution in [0.25, 0.3) is 0 Å². The van der Waals surface area contributed by atoms with E-state index in [1.54, 1.807) is 0 Å². The van der Waals surface area contributed by atoms with Crippen LogP contribution in [0.3, 0.4) is 0 Å². The number of benzene rings is 1. The summed E-state index contributed by atoms with van der Waals surface area (Å²) in [4.78, 5) is 1.42. The van der Waals surface area contributed by atoms with E-state index in [9.17, 15) is 0 Å². The quantitative estimate of drug-likeness (QED) is 0.784. The molecule has 0 aliphatic carbocycles. The summed E-state index contributed by atoms with van der Waals surface area (Å²) in [6.45, 7) is 5.39. The SMILES string of the molecule is CCNC(Cc1cc(Br)cs1)c1ccccc1CC. The van der Waals surface area contributed by atoms with Crippen LogP contribution in [0.15, 0.2) is 40.2 Å². The van der Waals surface area contributed by atoms with Crippen LogP contribution in [0.5, 0.6) is 0 Å². The topological polar surface area (TPSA) is 12.0 Å². The molecule has 0 saturated heterocycles. The van der Waals surface area contributed by atoms with Gasteiger partial charge in [0.05, 0.1) is 0 Å². The summed E-state index contributed by atoms with van der Waals surface area (Å²) in [5.74, 6) is 0. The first-order valence-corrected chi connectivity index (χ1v) is 8.46. The number of hydrogen-bond acceptors (Lipinski definition) is 2. The van der Waals surface area contributed by atoms with Crippen molar-refractivity contribution in [3.8, 4) is 0 Å².